The van der Waals surface area contributed by atoms with Crippen LogP contribution in [0.3, 0.4) is 0 Å². The van der Waals surface area contributed by atoms with Gasteiger partial charge in [-0.25, -0.2) is 4.39 Å². The van der Waals surface area contributed by atoms with Gasteiger partial charge in [0.05, 0.1) is 0 Å². The molecule has 0 bridgehead atoms. The van der Waals surface area contributed by atoms with Gasteiger partial charge in [-0.2, -0.15) is 0 Å². The molecular formula is C13H12ClFN2O. The number of anilines is 1. The Balaban J connectivity index is 1.96. The lowest BCUT2D eigenvalue weighted by Crippen LogP contribution is -2.22. The average molecular weight is 267 g/mol. The van der Waals surface area contributed by atoms with E-state index in [-0.39, 0.29) is 11.4 Å². The molecule has 0 saturated heterocycles. The van der Waals surface area contributed by atoms with Crippen LogP contribution < -0.4 is 10.9 Å². The summed E-state index contributed by atoms with van der Waals surface area (Å²) in [6.07, 6.45) is 1.71. The molecule has 0 spiro atoms. The van der Waals surface area contributed by atoms with Crippen molar-refractivity contribution in [2.45, 2.75) is 6.54 Å². The van der Waals surface area contributed by atoms with Gasteiger partial charge in [-0.05, 0) is 24.3 Å². The molecule has 3 nitrogen and oxygen atoms in total. The van der Waals surface area contributed by atoms with Gasteiger partial charge < -0.3 is 9.88 Å². The highest BCUT2D eigenvalue weighted by Crippen LogP contribution is 2.17. The molecule has 2 aromatic rings. The first-order valence-electron chi connectivity index (χ1n) is 5.50. The van der Waals surface area contributed by atoms with E-state index in [1.165, 1.54) is 18.2 Å². The third-order valence-electron chi connectivity index (χ3n) is 2.44. The van der Waals surface area contributed by atoms with Crippen molar-refractivity contribution in [1.82, 2.24) is 4.57 Å². The number of nitrogens with one attached hydrogen (secondary N) is 1. The van der Waals surface area contributed by atoms with E-state index in [9.17, 15) is 9.18 Å². The minimum Gasteiger partial charge on any atom is -0.383 e. The van der Waals surface area contributed by atoms with E-state index >= 15 is 0 Å². The Labute approximate surface area is 109 Å². The molecule has 0 aliphatic carbocycles. The quantitative estimate of drug-likeness (QED) is 0.923. The number of hydrogen-bond acceptors (Lipinski definition) is 2. The predicted molar refractivity (Wildman–Crippen MR) is 70.6 cm³/mol. The van der Waals surface area contributed by atoms with Crippen LogP contribution in [0.5, 0.6) is 0 Å². The van der Waals surface area contributed by atoms with Crippen LogP contribution in [0.4, 0.5) is 10.1 Å². The van der Waals surface area contributed by atoms with Crippen molar-refractivity contribution in [2.24, 2.45) is 0 Å². The summed E-state index contributed by atoms with van der Waals surface area (Å²) in [5, 5.41) is 3.36. The number of pyridine rings is 1. The number of nitrogens with zero attached hydrogens (tertiary/aromatic N) is 1. The van der Waals surface area contributed by atoms with Crippen LogP contribution in [-0.2, 0) is 6.54 Å². The topological polar surface area (TPSA) is 34.0 Å². The molecule has 0 aliphatic heterocycles. The Bertz CT molecular complexity index is 577. The Kier molecular flexibility index (Phi) is 3.99. The number of halogens is 2. The lowest BCUT2D eigenvalue weighted by Gasteiger charge is -2.08. The van der Waals surface area contributed by atoms with Gasteiger partial charge in [0.15, 0.2) is 0 Å². The zero-order chi connectivity index (χ0) is 13.0. The first-order valence-corrected chi connectivity index (χ1v) is 5.88. The van der Waals surface area contributed by atoms with Gasteiger partial charge >= 0.3 is 0 Å². The smallest absolute Gasteiger partial charge is 0.250 e. The van der Waals surface area contributed by atoms with Crippen molar-refractivity contribution in [1.29, 1.82) is 0 Å². The maximum Gasteiger partial charge on any atom is 0.250 e. The maximum absolute atomic E-state index is 13.1. The molecule has 0 aliphatic rings. The molecule has 18 heavy (non-hydrogen) atoms. The Morgan fingerprint density at radius 1 is 1.28 bits per heavy atom. The van der Waals surface area contributed by atoms with Crippen LogP contribution in [0.15, 0.2) is 47.4 Å². The molecule has 1 aromatic heterocycles. The van der Waals surface area contributed by atoms with E-state index in [4.69, 9.17) is 11.6 Å². The van der Waals surface area contributed by atoms with Crippen molar-refractivity contribution in [3.8, 4) is 0 Å². The van der Waals surface area contributed by atoms with Crippen molar-refractivity contribution in [2.75, 3.05) is 11.9 Å². The van der Waals surface area contributed by atoms with Crippen LogP contribution in [-0.4, -0.2) is 11.1 Å². The molecule has 2 rings (SSSR count). The van der Waals surface area contributed by atoms with Gasteiger partial charge in [-0.3, -0.25) is 4.79 Å². The summed E-state index contributed by atoms with van der Waals surface area (Å²) < 4.78 is 14.6. The zero-order valence-corrected chi connectivity index (χ0v) is 10.3. The zero-order valence-electron chi connectivity index (χ0n) is 9.57. The second-order valence-electron chi connectivity index (χ2n) is 3.82. The van der Waals surface area contributed by atoms with Gasteiger partial charge in [-0.1, -0.05) is 17.7 Å². The summed E-state index contributed by atoms with van der Waals surface area (Å²) in [5.41, 5.74) is 0.542. The summed E-state index contributed by atoms with van der Waals surface area (Å²) in [6, 6.07) is 9.23. The van der Waals surface area contributed by atoms with Gasteiger partial charge in [0.1, 0.15) is 5.82 Å². The molecule has 0 fully saturated rings. The molecule has 0 amide bonds. The fourth-order valence-corrected chi connectivity index (χ4v) is 1.84. The first kappa shape index (κ1) is 12.6. The lowest BCUT2D eigenvalue weighted by molar-refractivity contribution is 0.628. The minimum atomic E-state index is -0.387. The molecule has 0 radical (unpaired) electrons. The molecule has 1 aromatic carbocycles. The van der Waals surface area contributed by atoms with E-state index in [1.807, 2.05) is 0 Å². The second kappa shape index (κ2) is 5.69. The van der Waals surface area contributed by atoms with E-state index in [0.717, 1.165) is 0 Å². The molecule has 0 saturated carbocycles. The first-order chi connectivity index (χ1) is 8.65. The minimum absolute atomic E-state index is 0.0587. The summed E-state index contributed by atoms with van der Waals surface area (Å²) in [7, 11) is 0. The lowest BCUT2D eigenvalue weighted by atomic mass is 10.3. The van der Waals surface area contributed by atoms with Gasteiger partial charge in [0.2, 0.25) is 0 Å². The van der Waals surface area contributed by atoms with Crippen LogP contribution >= 0.6 is 11.6 Å². The summed E-state index contributed by atoms with van der Waals surface area (Å²) in [6.45, 7) is 1.03. The summed E-state index contributed by atoms with van der Waals surface area (Å²) in [4.78, 5) is 11.4. The molecule has 94 valence electrons. The molecule has 5 heteroatoms. The number of rotatable bonds is 4. The average Bonchev–Trinajstić information content (AvgIpc) is 2.30. The summed E-state index contributed by atoms with van der Waals surface area (Å²) in [5.74, 6) is -0.387. The highest BCUT2D eigenvalue weighted by Gasteiger charge is 1.99. The third-order valence-corrected chi connectivity index (χ3v) is 2.66. The number of benzene rings is 1. The highest BCUT2D eigenvalue weighted by molar-refractivity contribution is 6.30. The van der Waals surface area contributed by atoms with E-state index < -0.39 is 0 Å². The predicted octanol–water partition coefficient (Wildman–Crippen LogP) is 2.75. The van der Waals surface area contributed by atoms with Crippen molar-refractivity contribution in [3.05, 3.63) is 63.8 Å². The van der Waals surface area contributed by atoms with Crippen LogP contribution in [0, 0.1) is 5.82 Å². The Morgan fingerprint density at radius 2 is 2.11 bits per heavy atom. The van der Waals surface area contributed by atoms with Crippen molar-refractivity contribution < 1.29 is 4.39 Å². The normalized spacial score (nSPS) is 10.3. The highest BCUT2D eigenvalue weighted by atomic mass is 35.5. The van der Waals surface area contributed by atoms with Gasteiger partial charge in [-0.15, -0.1) is 0 Å². The van der Waals surface area contributed by atoms with E-state index in [0.29, 0.717) is 23.8 Å². The molecule has 1 heterocycles. The maximum atomic E-state index is 13.1. The van der Waals surface area contributed by atoms with Crippen LogP contribution in [0.25, 0.3) is 0 Å². The van der Waals surface area contributed by atoms with Gasteiger partial charge in [0.25, 0.3) is 5.56 Å². The SMILES string of the molecule is O=c1ccccn1CCNc1cc(F)cc(Cl)c1. The fourth-order valence-electron chi connectivity index (χ4n) is 1.62. The monoisotopic (exact) mass is 266 g/mol. The van der Waals surface area contributed by atoms with Crippen LogP contribution in [0.2, 0.25) is 5.02 Å². The van der Waals surface area contributed by atoms with Gasteiger partial charge in [0, 0.05) is 36.1 Å². The Morgan fingerprint density at radius 3 is 2.83 bits per heavy atom. The van der Waals surface area contributed by atoms with Crippen molar-refractivity contribution >= 4 is 17.3 Å². The van der Waals surface area contributed by atoms with Crippen molar-refractivity contribution in [3.63, 3.8) is 0 Å². The number of hydrogen-bond donors (Lipinski definition) is 1. The fraction of sp³-hybridized carbons (Fsp3) is 0.154. The largest absolute Gasteiger partial charge is 0.383 e. The van der Waals surface area contributed by atoms with Crippen LogP contribution in [0.1, 0.15) is 0 Å². The number of aromatic nitrogens is 1. The summed E-state index contributed by atoms with van der Waals surface area (Å²) >= 11 is 5.74. The standard InChI is InChI=1S/C13H12ClFN2O/c14-10-7-11(15)9-12(8-10)16-4-6-17-5-2-1-3-13(17)18/h1-3,5,7-9,16H,4,6H2. The molecule has 1 N–H and O–H groups in total. The van der Waals surface area contributed by atoms with E-state index in [1.54, 1.807) is 29.0 Å². The molecular weight excluding hydrogens is 255 g/mol. The van der Waals surface area contributed by atoms with E-state index in [2.05, 4.69) is 5.32 Å². The second-order valence-corrected chi connectivity index (χ2v) is 4.25. The Hall–Kier alpha value is -1.81. The third kappa shape index (κ3) is 3.34. The molecule has 0 unspecified atom stereocenters. The molecule has 0 atom stereocenters.